The Balaban J connectivity index is 1.60. The quantitative estimate of drug-likeness (QED) is 0.324. The monoisotopic (exact) mass is 526 g/mol. The fourth-order valence-corrected chi connectivity index (χ4v) is 5.07. The number of rotatable bonds is 14. The van der Waals surface area contributed by atoms with Gasteiger partial charge in [0.25, 0.3) is 0 Å². The van der Waals surface area contributed by atoms with Crippen molar-refractivity contribution in [3.05, 3.63) is 72.2 Å². The molecule has 0 bridgehead atoms. The molecule has 3 atom stereocenters. The van der Waals surface area contributed by atoms with E-state index in [9.17, 15) is 14.4 Å². The number of furan rings is 1. The first-order chi connectivity index (χ1) is 17.9. The van der Waals surface area contributed by atoms with Crippen molar-refractivity contribution in [1.29, 1.82) is 0 Å². The smallest absolute Gasteiger partial charge is 0.407 e. The number of ketones is 1. The highest BCUT2D eigenvalue weighted by Gasteiger charge is 2.28. The molecule has 0 saturated heterocycles. The third kappa shape index (κ3) is 10.5. The predicted octanol–water partition coefficient (Wildman–Crippen LogP) is 5.31. The Bertz CT molecular complexity index is 1010. The molecule has 8 heteroatoms. The zero-order chi connectivity index (χ0) is 26.5. The lowest BCUT2D eigenvalue weighted by molar-refractivity contribution is -0.128. The van der Waals surface area contributed by atoms with Crippen LogP contribution in [0.25, 0.3) is 0 Å². The van der Waals surface area contributed by atoms with Crippen molar-refractivity contribution in [2.24, 2.45) is 11.8 Å². The van der Waals surface area contributed by atoms with Crippen molar-refractivity contribution < 1.29 is 23.5 Å². The molecule has 3 rings (SSSR count). The molecule has 200 valence electrons. The van der Waals surface area contributed by atoms with Gasteiger partial charge < -0.3 is 19.8 Å². The SMILES string of the molecule is CC(C)CC(NC(=O)OCC1CC=CCC1)C(=O)N[C@@H](Cc1ccccc1)C(=O)CSCc1ccco1. The van der Waals surface area contributed by atoms with Crippen LogP contribution in [0.1, 0.15) is 50.9 Å². The average molecular weight is 527 g/mol. The summed E-state index contributed by atoms with van der Waals surface area (Å²) in [4.78, 5) is 39.0. The van der Waals surface area contributed by atoms with Gasteiger partial charge in [-0.15, -0.1) is 11.8 Å². The first kappa shape index (κ1) is 28.6. The molecule has 0 fully saturated rings. The maximum absolute atomic E-state index is 13.3. The Labute approximate surface area is 223 Å². The molecule has 2 unspecified atom stereocenters. The molecule has 0 spiro atoms. The Morgan fingerprint density at radius 3 is 2.54 bits per heavy atom. The molecule has 2 N–H and O–H groups in total. The number of alkyl carbamates (subject to hydrolysis) is 1. The van der Waals surface area contributed by atoms with Gasteiger partial charge in [-0.25, -0.2) is 4.79 Å². The highest BCUT2D eigenvalue weighted by molar-refractivity contribution is 7.99. The zero-order valence-corrected chi connectivity index (χ0v) is 22.5. The number of hydrogen-bond donors (Lipinski definition) is 2. The van der Waals surface area contributed by atoms with Gasteiger partial charge >= 0.3 is 6.09 Å². The van der Waals surface area contributed by atoms with Crippen molar-refractivity contribution in [2.45, 2.75) is 63.8 Å². The molecule has 1 aliphatic rings. The number of carbonyl (C=O) groups excluding carboxylic acids is 3. The number of benzene rings is 1. The van der Waals surface area contributed by atoms with E-state index in [0.717, 1.165) is 30.6 Å². The minimum Gasteiger partial charge on any atom is -0.468 e. The number of ether oxygens (including phenoxy) is 1. The van der Waals surface area contributed by atoms with Gasteiger partial charge in [0, 0.05) is 0 Å². The van der Waals surface area contributed by atoms with Crippen LogP contribution in [0.15, 0.2) is 65.3 Å². The molecule has 0 aliphatic heterocycles. The van der Waals surface area contributed by atoms with Gasteiger partial charge in [-0.05, 0) is 61.6 Å². The summed E-state index contributed by atoms with van der Waals surface area (Å²) in [5.74, 6) is 1.61. The minimum atomic E-state index is -0.791. The standard InChI is InChI=1S/C29H38N2O5S/c1-21(2)16-26(31-29(34)36-18-23-12-7-4-8-13-23)28(33)30-25(17-22-10-5-3-6-11-22)27(32)20-37-19-24-14-9-15-35-24/h3-7,9-11,14-15,21,23,25-26H,8,12-13,16-20H2,1-2H3,(H,30,33)(H,31,34)/t23?,25-,26?/m0/s1. The molecule has 37 heavy (non-hydrogen) atoms. The van der Waals surface area contributed by atoms with Gasteiger partial charge in [0.15, 0.2) is 5.78 Å². The Hall–Kier alpha value is -3.00. The lowest BCUT2D eigenvalue weighted by Crippen LogP contribution is -2.53. The minimum absolute atomic E-state index is 0.0787. The van der Waals surface area contributed by atoms with E-state index in [-0.39, 0.29) is 23.4 Å². The number of amides is 2. The van der Waals surface area contributed by atoms with E-state index >= 15 is 0 Å². The second kappa shape index (κ2) is 15.3. The van der Waals surface area contributed by atoms with Crippen molar-refractivity contribution in [3.8, 4) is 0 Å². The van der Waals surface area contributed by atoms with Crippen LogP contribution in [0.2, 0.25) is 0 Å². The van der Waals surface area contributed by atoms with Crippen molar-refractivity contribution in [1.82, 2.24) is 10.6 Å². The van der Waals surface area contributed by atoms with Gasteiger partial charge in [0.2, 0.25) is 5.91 Å². The molecule has 2 amide bonds. The third-order valence-corrected chi connectivity index (χ3v) is 7.18. The molecule has 0 radical (unpaired) electrons. The van der Waals surface area contributed by atoms with E-state index in [2.05, 4.69) is 22.8 Å². The van der Waals surface area contributed by atoms with Crippen LogP contribution in [-0.2, 0) is 26.5 Å². The topological polar surface area (TPSA) is 97.6 Å². The number of hydrogen-bond acceptors (Lipinski definition) is 6. The lowest BCUT2D eigenvalue weighted by Gasteiger charge is -2.24. The fraction of sp³-hybridized carbons (Fsp3) is 0.483. The van der Waals surface area contributed by atoms with E-state index in [1.54, 1.807) is 6.26 Å². The van der Waals surface area contributed by atoms with Gasteiger partial charge in [0.1, 0.15) is 11.8 Å². The molecule has 1 heterocycles. The van der Waals surface area contributed by atoms with Gasteiger partial charge in [-0.2, -0.15) is 0 Å². The number of nitrogens with one attached hydrogen (secondary N) is 2. The van der Waals surface area contributed by atoms with Crippen LogP contribution in [0.3, 0.4) is 0 Å². The first-order valence-corrected chi connectivity index (χ1v) is 14.1. The summed E-state index contributed by atoms with van der Waals surface area (Å²) in [5.41, 5.74) is 0.950. The number of Topliss-reactive ketones (excluding diaryl/α,β-unsaturated/α-hetero) is 1. The summed E-state index contributed by atoms with van der Waals surface area (Å²) in [6, 6.07) is 11.8. The second-order valence-electron chi connectivity index (χ2n) is 9.86. The van der Waals surface area contributed by atoms with Crippen LogP contribution in [0.4, 0.5) is 4.79 Å². The molecule has 1 aliphatic carbocycles. The molecular weight excluding hydrogens is 488 g/mol. The summed E-state index contributed by atoms with van der Waals surface area (Å²) >= 11 is 1.45. The van der Waals surface area contributed by atoms with E-state index in [4.69, 9.17) is 9.15 Å². The third-order valence-electron chi connectivity index (χ3n) is 6.20. The van der Waals surface area contributed by atoms with Crippen molar-refractivity contribution in [2.75, 3.05) is 12.4 Å². The predicted molar refractivity (Wildman–Crippen MR) is 146 cm³/mol. The summed E-state index contributed by atoms with van der Waals surface area (Å²) in [6.07, 6.45) is 8.94. The largest absolute Gasteiger partial charge is 0.468 e. The maximum atomic E-state index is 13.3. The van der Waals surface area contributed by atoms with Crippen LogP contribution < -0.4 is 10.6 Å². The molecule has 1 aromatic heterocycles. The lowest BCUT2D eigenvalue weighted by atomic mass is 9.95. The van der Waals surface area contributed by atoms with Crippen molar-refractivity contribution in [3.63, 3.8) is 0 Å². The number of thioether (sulfide) groups is 1. The highest BCUT2D eigenvalue weighted by Crippen LogP contribution is 2.18. The van der Waals surface area contributed by atoms with Gasteiger partial charge in [-0.3, -0.25) is 9.59 Å². The average Bonchev–Trinajstić information content (AvgIpc) is 3.41. The summed E-state index contributed by atoms with van der Waals surface area (Å²) in [6.45, 7) is 4.30. The summed E-state index contributed by atoms with van der Waals surface area (Å²) < 4.78 is 10.8. The maximum Gasteiger partial charge on any atom is 0.407 e. The molecular formula is C29H38N2O5S. The van der Waals surface area contributed by atoms with Crippen LogP contribution in [0.5, 0.6) is 0 Å². The Morgan fingerprint density at radius 1 is 1.05 bits per heavy atom. The highest BCUT2D eigenvalue weighted by atomic mass is 32.2. The summed E-state index contributed by atoms with van der Waals surface area (Å²) in [5, 5.41) is 5.66. The van der Waals surface area contributed by atoms with Gasteiger partial charge in [0.05, 0.1) is 30.4 Å². The van der Waals surface area contributed by atoms with Crippen LogP contribution in [-0.4, -0.2) is 42.2 Å². The molecule has 0 saturated carbocycles. The van der Waals surface area contributed by atoms with E-state index in [0.29, 0.717) is 31.1 Å². The molecule has 2 aromatic rings. The first-order valence-electron chi connectivity index (χ1n) is 13.0. The zero-order valence-electron chi connectivity index (χ0n) is 21.7. The fourth-order valence-electron chi connectivity index (χ4n) is 4.20. The molecule has 1 aromatic carbocycles. The van der Waals surface area contributed by atoms with E-state index in [1.807, 2.05) is 56.3 Å². The van der Waals surface area contributed by atoms with Crippen molar-refractivity contribution >= 4 is 29.5 Å². The number of carbonyl (C=O) groups is 3. The van der Waals surface area contributed by atoms with E-state index < -0.39 is 18.2 Å². The molecule has 7 nitrogen and oxygen atoms in total. The van der Waals surface area contributed by atoms with Crippen LogP contribution >= 0.6 is 11.8 Å². The Kier molecular flexibility index (Phi) is 11.8. The normalized spacial score (nSPS) is 16.7. The number of allylic oxidation sites excluding steroid dienone is 2. The van der Waals surface area contributed by atoms with Gasteiger partial charge in [-0.1, -0.05) is 56.3 Å². The van der Waals surface area contributed by atoms with Crippen LogP contribution in [0, 0.1) is 11.8 Å². The Morgan fingerprint density at radius 2 is 1.86 bits per heavy atom. The summed E-state index contributed by atoms with van der Waals surface area (Å²) in [7, 11) is 0. The van der Waals surface area contributed by atoms with E-state index in [1.165, 1.54) is 11.8 Å². The second-order valence-corrected chi connectivity index (χ2v) is 10.9.